The molecule has 46 heavy (non-hydrogen) atoms. The fourth-order valence-corrected chi connectivity index (χ4v) is 6.60. The zero-order valence-corrected chi connectivity index (χ0v) is 26.5. The SMILES string of the molecule is C=CC(=O)N1CCN2c3nc(=O)n(-c4c(C(C)C)ncnc4C(C)C)c4c(F)c(-c5c(C)cccc5O)c(F)c(c34)OCCC2C1. The summed E-state index contributed by atoms with van der Waals surface area (Å²) in [6, 6.07) is 4.23. The first-order valence-electron chi connectivity index (χ1n) is 15.4. The maximum Gasteiger partial charge on any atom is 0.354 e. The minimum absolute atomic E-state index is 0.0205. The number of aromatic nitrogens is 4. The van der Waals surface area contributed by atoms with Crippen molar-refractivity contribution in [1.29, 1.82) is 0 Å². The number of phenolic OH excluding ortho intramolecular Hbond substituents is 1. The second kappa shape index (κ2) is 11.8. The predicted octanol–water partition coefficient (Wildman–Crippen LogP) is 5.37. The molecule has 2 aromatic carbocycles. The summed E-state index contributed by atoms with van der Waals surface area (Å²) in [5, 5.41) is 10.9. The molecule has 4 heterocycles. The Morgan fingerprint density at radius 1 is 1.09 bits per heavy atom. The van der Waals surface area contributed by atoms with Crippen LogP contribution in [0.1, 0.15) is 62.9 Å². The van der Waals surface area contributed by atoms with Crippen molar-refractivity contribution in [2.75, 3.05) is 31.1 Å². The molecule has 6 rings (SSSR count). The molecule has 2 aliphatic rings. The number of anilines is 1. The molecule has 0 saturated carbocycles. The van der Waals surface area contributed by atoms with Crippen molar-refractivity contribution in [1.82, 2.24) is 24.4 Å². The fraction of sp³-hybridized carbons (Fsp3) is 0.382. The number of halogens is 2. The van der Waals surface area contributed by atoms with Crippen LogP contribution in [-0.4, -0.2) is 67.7 Å². The Morgan fingerprint density at radius 2 is 1.78 bits per heavy atom. The monoisotopic (exact) mass is 630 g/mol. The molecule has 0 bridgehead atoms. The van der Waals surface area contributed by atoms with E-state index in [-0.39, 0.29) is 83.0 Å². The van der Waals surface area contributed by atoms with Crippen LogP contribution in [0.3, 0.4) is 0 Å². The lowest BCUT2D eigenvalue weighted by Crippen LogP contribution is -2.56. The molecule has 0 spiro atoms. The van der Waals surface area contributed by atoms with Gasteiger partial charge >= 0.3 is 5.69 Å². The van der Waals surface area contributed by atoms with Crippen molar-refractivity contribution in [3.8, 4) is 28.3 Å². The van der Waals surface area contributed by atoms with Crippen LogP contribution < -0.4 is 15.3 Å². The lowest BCUT2D eigenvalue weighted by molar-refractivity contribution is -0.126. The second-order valence-electron chi connectivity index (χ2n) is 12.4. The highest BCUT2D eigenvalue weighted by atomic mass is 19.1. The normalized spacial score (nSPS) is 16.3. The number of carbonyl (C=O) groups excluding carboxylic acids is 1. The van der Waals surface area contributed by atoms with Gasteiger partial charge in [-0.3, -0.25) is 9.36 Å². The lowest BCUT2D eigenvalue weighted by atomic mass is 9.95. The van der Waals surface area contributed by atoms with Gasteiger partial charge in [0.25, 0.3) is 0 Å². The van der Waals surface area contributed by atoms with E-state index in [1.54, 1.807) is 24.0 Å². The van der Waals surface area contributed by atoms with Crippen LogP contribution in [0.2, 0.25) is 0 Å². The molecule has 0 aliphatic carbocycles. The van der Waals surface area contributed by atoms with Crippen LogP contribution in [0.4, 0.5) is 14.6 Å². The van der Waals surface area contributed by atoms with Gasteiger partial charge in [-0.05, 0) is 36.5 Å². The van der Waals surface area contributed by atoms with Crippen molar-refractivity contribution >= 4 is 22.6 Å². The van der Waals surface area contributed by atoms with Crippen LogP contribution in [0.15, 0.2) is 42.0 Å². The number of ether oxygens (including phenoxy) is 1. The Kier molecular flexibility index (Phi) is 7.99. The Balaban J connectivity index is 1.79. The number of aromatic hydroxyl groups is 1. The summed E-state index contributed by atoms with van der Waals surface area (Å²) in [6.07, 6.45) is 3.03. The molecular weight excluding hydrogens is 594 g/mol. The summed E-state index contributed by atoms with van der Waals surface area (Å²) in [7, 11) is 0. The number of phenols is 1. The van der Waals surface area contributed by atoms with E-state index in [9.17, 15) is 14.7 Å². The van der Waals surface area contributed by atoms with Crippen molar-refractivity contribution in [2.45, 2.75) is 58.9 Å². The van der Waals surface area contributed by atoms with Crippen molar-refractivity contribution in [3.05, 3.63) is 76.3 Å². The molecule has 1 amide bonds. The first-order valence-corrected chi connectivity index (χ1v) is 15.4. The summed E-state index contributed by atoms with van der Waals surface area (Å²) in [6.45, 7) is 13.7. The average Bonchev–Trinajstić information content (AvgIpc) is 3.01. The lowest BCUT2D eigenvalue weighted by Gasteiger charge is -2.43. The number of rotatable bonds is 5. The quantitative estimate of drug-likeness (QED) is 0.293. The highest BCUT2D eigenvalue weighted by Gasteiger charge is 2.38. The highest BCUT2D eigenvalue weighted by Crippen LogP contribution is 2.47. The number of benzene rings is 2. The Morgan fingerprint density at radius 3 is 2.41 bits per heavy atom. The summed E-state index contributed by atoms with van der Waals surface area (Å²) in [5.41, 5.74) is 0.0494. The van der Waals surface area contributed by atoms with Gasteiger partial charge in [0.15, 0.2) is 17.4 Å². The molecule has 1 atom stereocenters. The van der Waals surface area contributed by atoms with E-state index in [1.807, 2.05) is 32.6 Å². The topological polar surface area (TPSA) is 114 Å². The number of hydrogen-bond donors (Lipinski definition) is 1. The van der Waals surface area contributed by atoms with E-state index in [0.717, 1.165) is 4.57 Å². The number of amides is 1. The zero-order valence-electron chi connectivity index (χ0n) is 26.5. The summed E-state index contributed by atoms with van der Waals surface area (Å²) < 4.78 is 41.5. The number of fused-ring (bicyclic) bond motifs is 2. The second-order valence-corrected chi connectivity index (χ2v) is 12.4. The van der Waals surface area contributed by atoms with E-state index in [4.69, 9.17) is 4.74 Å². The van der Waals surface area contributed by atoms with Crippen LogP contribution in [-0.2, 0) is 4.79 Å². The van der Waals surface area contributed by atoms with Gasteiger partial charge in [0.05, 0.1) is 40.7 Å². The van der Waals surface area contributed by atoms with Gasteiger partial charge in [-0.1, -0.05) is 46.4 Å². The van der Waals surface area contributed by atoms with Crippen molar-refractivity contribution in [3.63, 3.8) is 0 Å². The number of hydrogen-bond acceptors (Lipinski definition) is 8. The largest absolute Gasteiger partial charge is 0.507 e. The van der Waals surface area contributed by atoms with Crippen LogP contribution in [0.5, 0.6) is 11.5 Å². The third-order valence-corrected chi connectivity index (χ3v) is 8.79. The Labute approximate surface area is 265 Å². The third kappa shape index (κ3) is 4.87. The molecule has 1 N–H and O–H groups in total. The molecule has 10 nitrogen and oxygen atoms in total. The summed E-state index contributed by atoms with van der Waals surface area (Å²) in [5.74, 6) is -3.24. The van der Waals surface area contributed by atoms with E-state index in [1.165, 1.54) is 18.5 Å². The molecule has 1 unspecified atom stereocenters. The Bertz CT molecular complexity index is 1910. The smallest absolute Gasteiger partial charge is 0.354 e. The van der Waals surface area contributed by atoms with E-state index < -0.39 is 22.9 Å². The molecular formula is C34H36F2N6O4. The Hall–Kier alpha value is -4.87. The molecule has 2 aliphatic heterocycles. The summed E-state index contributed by atoms with van der Waals surface area (Å²) in [4.78, 5) is 43.8. The van der Waals surface area contributed by atoms with Crippen molar-refractivity contribution < 1.29 is 23.4 Å². The van der Waals surface area contributed by atoms with Gasteiger partial charge < -0.3 is 19.6 Å². The number of aryl methyl sites for hydroxylation is 1. The maximum absolute atomic E-state index is 17.4. The van der Waals surface area contributed by atoms with Gasteiger partial charge in [-0.15, -0.1) is 0 Å². The average molecular weight is 631 g/mol. The van der Waals surface area contributed by atoms with E-state index in [0.29, 0.717) is 29.9 Å². The summed E-state index contributed by atoms with van der Waals surface area (Å²) >= 11 is 0. The van der Waals surface area contributed by atoms with Gasteiger partial charge in [-0.2, -0.15) is 4.98 Å². The molecule has 2 aromatic heterocycles. The molecule has 12 heteroatoms. The molecule has 1 saturated heterocycles. The van der Waals surface area contributed by atoms with Crippen molar-refractivity contribution in [2.24, 2.45) is 0 Å². The molecule has 4 aromatic rings. The van der Waals surface area contributed by atoms with Gasteiger partial charge in [-0.25, -0.2) is 23.5 Å². The van der Waals surface area contributed by atoms with E-state index in [2.05, 4.69) is 21.5 Å². The predicted molar refractivity (Wildman–Crippen MR) is 171 cm³/mol. The van der Waals surface area contributed by atoms with E-state index >= 15 is 8.78 Å². The maximum atomic E-state index is 17.4. The fourth-order valence-electron chi connectivity index (χ4n) is 6.60. The highest BCUT2D eigenvalue weighted by molar-refractivity contribution is 6.01. The molecule has 0 radical (unpaired) electrons. The van der Waals surface area contributed by atoms with Crippen LogP contribution in [0.25, 0.3) is 27.7 Å². The minimum atomic E-state index is -1.06. The molecule has 1 fully saturated rings. The van der Waals surface area contributed by atoms with Gasteiger partial charge in [0.2, 0.25) is 5.91 Å². The standard InChI is InChI=1S/C34H36F2N6O4/c1-7-22(44)40-12-13-41-20(15-40)11-14-46-32-25-30(26(35)24(27(32)36)23-19(6)9-8-10-21(23)43)42(34(45)39-33(25)41)31-28(17(2)3)37-16-38-29(31)18(4)5/h7-10,16-18,20,43H,1,11-15H2,2-6H3. The number of piperazine rings is 1. The first-order chi connectivity index (χ1) is 22.0. The minimum Gasteiger partial charge on any atom is -0.507 e. The number of carbonyl (C=O) groups is 1. The first kappa shape index (κ1) is 31.1. The van der Waals surface area contributed by atoms with Gasteiger partial charge in [0.1, 0.15) is 23.4 Å². The van der Waals surface area contributed by atoms with Crippen LogP contribution >= 0.6 is 0 Å². The molecule has 240 valence electrons. The van der Waals surface area contributed by atoms with Gasteiger partial charge in [0, 0.05) is 31.6 Å². The third-order valence-electron chi connectivity index (χ3n) is 8.79. The zero-order chi connectivity index (χ0) is 33.0. The van der Waals surface area contributed by atoms with Crippen LogP contribution in [0, 0.1) is 18.6 Å². The number of nitrogens with zero attached hydrogens (tertiary/aromatic N) is 6.